The first-order chi connectivity index (χ1) is 19.5. The van der Waals surface area contributed by atoms with Gasteiger partial charge in [0.05, 0.1) is 31.0 Å². The molecular formula is C27H36F3NO10. The van der Waals surface area contributed by atoms with Gasteiger partial charge in [0.25, 0.3) is 5.09 Å². The van der Waals surface area contributed by atoms with Gasteiger partial charge in [-0.15, -0.1) is 10.1 Å². The molecular weight excluding hydrogens is 555 g/mol. The molecule has 3 N–H and O–H groups in total. The van der Waals surface area contributed by atoms with Gasteiger partial charge in [-0.05, 0) is 43.4 Å². The predicted molar refractivity (Wildman–Crippen MR) is 138 cm³/mol. The summed E-state index contributed by atoms with van der Waals surface area (Å²) in [5.74, 6) is -1.19. The van der Waals surface area contributed by atoms with Gasteiger partial charge in [-0.2, -0.15) is 13.2 Å². The summed E-state index contributed by atoms with van der Waals surface area (Å²) in [6, 6.07) is 4.33. The molecule has 0 aliphatic heterocycles. The highest BCUT2D eigenvalue weighted by molar-refractivity contribution is 5.69. The van der Waals surface area contributed by atoms with E-state index in [-0.39, 0.29) is 57.5 Å². The summed E-state index contributed by atoms with van der Waals surface area (Å²) in [4.78, 5) is 25.8. The highest BCUT2D eigenvalue weighted by Crippen LogP contribution is 2.36. The van der Waals surface area contributed by atoms with Gasteiger partial charge in [0.2, 0.25) is 0 Å². The van der Waals surface area contributed by atoms with Crippen molar-refractivity contribution in [1.82, 2.24) is 0 Å². The number of aliphatic hydroxyl groups excluding tert-OH is 3. The standard InChI is InChI=1S/C27H36F3NO10/c28-27(29,30)19-6-5-7-21(16-19)40-18-20(32)10-11-23-22(24(33)17-25(23)34)8-3-1-2-4-9-26(35)39-14-12-38-13-15-41-31(36)37/h1,3,5-7,10-11,16,20,22-25,32-34H,2,4,8-9,12-15,17-18H2/b3-1-,11-10+/t20?,22-,23-,24+,25-/m1/s1. The third-order valence-corrected chi connectivity index (χ3v) is 6.30. The SMILES string of the molecule is O=C(CCC/C=C\C[C@@H]1[C@@H](/C=C/C(O)COc2cccc(C(F)(F)F)c2)[C@H](O)C[C@@H]1O)OCCOCCO[N+](=O)[O-]. The predicted octanol–water partition coefficient (Wildman–Crippen LogP) is 3.24. The molecule has 1 aliphatic rings. The van der Waals surface area contributed by atoms with Crippen molar-refractivity contribution in [2.75, 3.05) is 33.0 Å². The number of halogens is 3. The number of rotatable bonds is 18. The second-order valence-electron chi connectivity index (χ2n) is 9.39. The highest BCUT2D eigenvalue weighted by atomic mass is 19.4. The fraction of sp³-hybridized carbons (Fsp3) is 0.593. The van der Waals surface area contributed by atoms with Crippen LogP contribution in [0, 0.1) is 22.0 Å². The van der Waals surface area contributed by atoms with E-state index in [1.54, 1.807) is 6.08 Å². The lowest BCUT2D eigenvalue weighted by atomic mass is 9.89. The Balaban J connectivity index is 1.68. The zero-order valence-electron chi connectivity index (χ0n) is 22.4. The molecule has 230 valence electrons. The van der Waals surface area contributed by atoms with Crippen molar-refractivity contribution in [2.45, 2.75) is 56.6 Å². The van der Waals surface area contributed by atoms with Gasteiger partial charge in [-0.25, -0.2) is 0 Å². The molecule has 1 unspecified atom stereocenters. The zero-order chi connectivity index (χ0) is 30.3. The maximum atomic E-state index is 12.8. The molecule has 0 saturated heterocycles. The van der Waals surface area contributed by atoms with Gasteiger partial charge in [0.1, 0.15) is 31.7 Å². The Morgan fingerprint density at radius 2 is 1.90 bits per heavy atom. The molecule has 1 aromatic rings. The summed E-state index contributed by atoms with van der Waals surface area (Å²) >= 11 is 0. The largest absolute Gasteiger partial charge is 0.491 e. The van der Waals surface area contributed by atoms with Crippen LogP contribution in [0.15, 0.2) is 48.6 Å². The van der Waals surface area contributed by atoms with Crippen molar-refractivity contribution >= 4 is 5.97 Å². The summed E-state index contributed by atoms with van der Waals surface area (Å²) in [6.45, 7) is -0.370. The van der Waals surface area contributed by atoms with Crippen molar-refractivity contribution in [3.05, 3.63) is 64.2 Å². The average Bonchev–Trinajstić information content (AvgIpc) is 3.18. The number of carbonyl (C=O) groups excluding carboxylic acids is 1. The third-order valence-electron chi connectivity index (χ3n) is 6.30. The summed E-state index contributed by atoms with van der Waals surface area (Å²) in [5.41, 5.74) is -0.860. The minimum atomic E-state index is -4.51. The normalized spacial score (nSPS) is 21.8. The third kappa shape index (κ3) is 13.3. The van der Waals surface area contributed by atoms with Crippen LogP contribution in [-0.4, -0.2) is 77.7 Å². The maximum Gasteiger partial charge on any atom is 0.416 e. The molecule has 0 radical (unpaired) electrons. The van der Waals surface area contributed by atoms with Crippen LogP contribution in [0.3, 0.4) is 0 Å². The lowest BCUT2D eigenvalue weighted by Gasteiger charge is -2.19. The van der Waals surface area contributed by atoms with Crippen LogP contribution in [0.25, 0.3) is 0 Å². The van der Waals surface area contributed by atoms with E-state index in [4.69, 9.17) is 14.2 Å². The number of hydrogen-bond acceptors (Lipinski definition) is 10. The molecule has 5 atom stereocenters. The van der Waals surface area contributed by atoms with Crippen LogP contribution in [0.4, 0.5) is 13.2 Å². The molecule has 0 heterocycles. The summed E-state index contributed by atoms with van der Waals surface area (Å²) < 4.78 is 53.8. The van der Waals surface area contributed by atoms with Crippen molar-refractivity contribution in [2.24, 2.45) is 11.8 Å². The summed E-state index contributed by atoms with van der Waals surface area (Å²) in [6.07, 6.45) is 1.40. The highest BCUT2D eigenvalue weighted by Gasteiger charge is 2.39. The zero-order valence-corrected chi connectivity index (χ0v) is 22.4. The van der Waals surface area contributed by atoms with E-state index >= 15 is 0 Å². The van der Waals surface area contributed by atoms with Gasteiger partial charge < -0.3 is 34.4 Å². The number of nitrogens with zero attached hydrogens (tertiary/aromatic N) is 1. The molecule has 41 heavy (non-hydrogen) atoms. The topological polar surface area (TPSA) is 158 Å². The van der Waals surface area contributed by atoms with Gasteiger partial charge >= 0.3 is 12.1 Å². The number of ether oxygens (including phenoxy) is 3. The van der Waals surface area contributed by atoms with Crippen LogP contribution in [-0.2, 0) is 25.3 Å². The monoisotopic (exact) mass is 591 g/mol. The molecule has 1 aliphatic carbocycles. The Hall–Kier alpha value is -3.20. The number of carbonyl (C=O) groups is 1. The van der Waals surface area contributed by atoms with Crippen molar-refractivity contribution in [3.8, 4) is 5.75 Å². The van der Waals surface area contributed by atoms with Crippen LogP contribution >= 0.6 is 0 Å². The second kappa shape index (κ2) is 17.6. The lowest BCUT2D eigenvalue weighted by Crippen LogP contribution is -2.21. The van der Waals surface area contributed by atoms with Crippen molar-refractivity contribution in [1.29, 1.82) is 0 Å². The van der Waals surface area contributed by atoms with Crippen LogP contribution in [0.5, 0.6) is 5.75 Å². The Morgan fingerprint density at radius 1 is 1.15 bits per heavy atom. The number of hydrogen-bond donors (Lipinski definition) is 3. The Kier molecular flexibility index (Phi) is 14.6. The smallest absolute Gasteiger partial charge is 0.416 e. The molecule has 1 aromatic carbocycles. The van der Waals surface area contributed by atoms with Gasteiger partial charge in [-0.1, -0.05) is 30.4 Å². The van der Waals surface area contributed by atoms with Gasteiger partial charge in [0.15, 0.2) is 0 Å². The van der Waals surface area contributed by atoms with E-state index < -0.39 is 47.0 Å². The second-order valence-corrected chi connectivity index (χ2v) is 9.39. The van der Waals surface area contributed by atoms with Crippen LogP contribution < -0.4 is 4.74 Å². The molecule has 0 amide bonds. The first kappa shape index (κ1) is 34.0. The van der Waals surface area contributed by atoms with E-state index in [2.05, 4.69) is 4.84 Å². The van der Waals surface area contributed by atoms with E-state index in [1.807, 2.05) is 12.2 Å². The van der Waals surface area contributed by atoms with E-state index in [9.17, 15) is 43.4 Å². The Morgan fingerprint density at radius 3 is 2.63 bits per heavy atom. The summed E-state index contributed by atoms with van der Waals surface area (Å²) in [7, 11) is 0. The number of unbranched alkanes of at least 4 members (excludes halogenated alkanes) is 1. The molecule has 0 aromatic heterocycles. The number of benzene rings is 1. The number of esters is 1. The van der Waals surface area contributed by atoms with E-state index in [0.717, 1.165) is 12.1 Å². The fourth-order valence-corrected chi connectivity index (χ4v) is 4.26. The average molecular weight is 592 g/mol. The number of aliphatic hydroxyl groups is 3. The number of alkyl halides is 3. The van der Waals surface area contributed by atoms with Crippen molar-refractivity contribution in [3.63, 3.8) is 0 Å². The molecule has 0 bridgehead atoms. The Labute approximate surface area is 235 Å². The van der Waals surface area contributed by atoms with E-state index in [1.165, 1.54) is 18.2 Å². The number of allylic oxidation sites excluding steroid dienone is 2. The molecule has 2 rings (SSSR count). The molecule has 11 nitrogen and oxygen atoms in total. The van der Waals surface area contributed by atoms with Crippen LogP contribution in [0.2, 0.25) is 0 Å². The maximum absolute atomic E-state index is 12.8. The first-order valence-electron chi connectivity index (χ1n) is 13.2. The van der Waals surface area contributed by atoms with Crippen molar-refractivity contribution < 1.29 is 57.4 Å². The molecule has 1 fully saturated rings. The molecule has 1 saturated carbocycles. The molecule has 0 spiro atoms. The first-order valence-corrected chi connectivity index (χ1v) is 13.2. The molecule has 14 heteroatoms. The Bertz CT molecular complexity index is 1000. The minimum absolute atomic E-state index is 0.00495. The van der Waals surface area contributed by atoms with Gasteiger partial charge in [-0.3, -0.25) is 4.79 Å². The van der Waals surface area contributed by atoms with Crippen LogP contribution in [0.1, 0.15) is 37.7 Å². The van der Waals surface area contributed by atoms with Gasteiger partial charge in [0, 0.05) is 18.8 Å². The minimum Gasteiger partial charge on any atom is -0.491 e. The van der Waals surface area contributed by atoms with E-state index in [0.29, 0.717) is 19.3 Å². The lowest BCUT2D eigenvalue weighted by molar-refractivity contribution is -0.758. The summed E-state index contributed by atoms with van der Waals surface area (Å²) in [5, 5.41) is 40.0. The quantitative estimate of drug-likeness (QED) is 0.0761. The fourth-order valence-electron chi connectivity index (χ4n) is 4.26.